The summed E-state index contributed by atoms with van der Waals surface area (Å²) < 4.78 is 1.37. The second-order valence-electron chi connectivity index (χ2n) is 3.94. The second-order valence-corrected chi connectivity index (χ2v) is 3.94. The van der Waals surface area contributed by atoms with Crippen LogP contribution in [0.15, 0.2) is 23.5 Å². The van der Waals surface area contributed by atoms with E-state index in [9.17, 15) is 0 Å². The molecule has 8 nitrogen and oxygen atoms in total. The van der Waals surface area contributed by atoms with Gasteiger partial charge >= 0.3 is 0 Å². The number of nitrogens with zero attached hydrogens (tertiary/aromatic N) is 8. The Bertz CT molecular complexity index is 729. The fraction of sp³-hybridized carbons (Fsp3) is 0.200. The lowest BCUT2D eigenvalue weighted by Gasteiger charge is -2.04. The van der Waals surface area contributed by atoms with Crippen molar-refractivity contribution in [3.8, 4) is 0 Å². The third kappa shape index (κ3) is 1.63. The van der Waals surface area contributed by atoms with Crippen molar-refractivity contribution < 1.29 is 0 Å². The Balaban J connectivity index is 2.33. The van der Waals surface area contributed by atoms with Gasteiger partial charge in [0.15, 0.2) is 5.82 Å². The smallest absolute Gasteiger partial charge is 0.208 e. The molecule has 0 saturated carbocycles. The first-order valence-electron chi connectivity index (χ1n) is 5.28. The summed E-state index contributed by atoms with van der Waals surface area (Å²) in [7, 11) is 3.78. The largest absolute Gasteiger partial charge is 0.369 e. The molecule has 0 fully saturated rings. The Labute approximate surface area is 102 Å². The van der Waals surface area contributed by atoms with E-state index in [4.69, 9.17) is 0 Å². The Morgan fingerprint density at radius 3 is 3.06 bits per heavy atom. The lowest BCUT2D eigenvalue weighted by molar-refractivity contribution is 0.642. The minimum absolute atomic E-state index is 0.534. The fourth-order valence-electron chi connectivity index (χ4n) is 1.59. The van der Waals surface area contributed by atoms with Crippen LogP contribution in [0.5, 0.6) is 0 Å². The van der Waals surface area contributed by atoms with Crippen molar-refractivity contribution in [1.29, 1.82) is 0 Å². The van der Waals surface area contributed by atoms with Crippen LogP contribution >= 0.6 is 0 Å². The van der Waals surface area contributed by atoms with Crippen molar-refractivity contribution >= 4 is 28.6 Å². The first kappa shape index (κ1) is 10.5. The summed E-state index contributed by atoms with van der Waals surface area (Å²) in [4.78, 5) is 10.2. The zero-order valence-electron chi connectivity index (χ0n) is 9.89. The van der Waals surface area contributed by atoms with Gasteiger partial charge in [0.2, 0.25) is 5.65 Å². The number of fused-ring (bicyclic) bond motifs is 3. The van der Waals surface area contributed by atoms with Crippen LogP contribution in [-0.4, -0.2) is 55.6 Å². The Hall–Kier alpha value is -2.64. The molecular weight excluding hydrogens is 232 g/mol. The van der Waals surface area contributed by atoms with Crippen LogP contribution in [0.4, 0.5) is 5.82 Å². The minimum atomic E-state index is 0.534. The van der Waals surface area contributed by atoms with Gasteiger partial charge in [-0.15, -0.1) is 14.8 Å². The van der Waals surface area contributed by atoms with Gasteiger partial charge < -0.3 is 4.90 Å². The second kappa shape index (κ2) is 3.99. The monoisotopic (exact) mass is 242 g/mol. The van der Waals surface area contributed by atoms with E-state index in [2.05, 4.69) is 30.6 Å². The predicted molar refractivity (Wildman–Crippen MR) is 65.7 cm³/mol. The zero-order valence-corrected chi connectivity index (χ0v) is 9.89. The molecule has 0 saturated heterocycles. The molecular formula is C10H10N8. The maximum Gasteiger partial charge on any atom is 0.208 e. The van der Waals surface area contributed by atoms with Crippen LogP contribution < -0.4 is 0 Å². The molecule has 0 atom stereocenters. The van der Waals surface area contributed by atoms with Crippen LogP contribution in [0.3, 0.4) is 0 Å². The van der Waals surface area contributed by atoms with Gasteiger partial charge in [-0.05, 0) is 16.5 Å². The standard InChI is InChI=1S/C10H10N8/c1-17(2)6-12-9-8-5-11-4-3-7(8)10-13-15-16-18(10)14-9/h3-6H,1-2H3. The topological polar surface area (TPSA) is 84.5 Å². The van der Waals surface area contributed by atoms with Gasteiger partial charge in [0, 0.05) is 31.9 Å². The number of tetrazole rings is 1. The molecule has 0 spiro atoms. The van der Waals surface area contributed by atoms with E-state index in [1.807, 2.05) is 25.1 Å². The van der Waals surface area contributed by atoms with Gasteiger partial charge in [0.05, 0.1) is 11.7 Å². The number of aliphatic imine (C=N–C) groups is 1. The van der Waals surface area contributed by atoms with E-state index in [0.717, 1.165) is 10.8 Å². The first-order valence-corrected chi connectivity index (χ1v) is 5.28. The maximum atomic E-state index is 4.30. The van der Waals surface area contributed by atoms with E-state index in [0.29, 0.717) is 11.5 Å². The fourth-order valence-corrected chi connectivity index (χ4v) is 1.59. The molecule has 3 heterocycles. The molecule has 0 aromatic carbocycles. The molecule has 0 amide bonds. The van der Waals surface area contributed by atoms with Crippen LogP contribution in [0.25, 0.3) is 16.4 Å². The van der Waals surface area contributed by atoms with Gasteiger partial charge in [-0.1, -0.05) is 0 Å². The molecule has 0 unspecified atom stereocenters. The summed E-state index contributed by atoms with van der Waals surface area (Å²) >= 11 is 0. The number of aromatic nitrogens is 6. The molecule has 90 valence electrons. The summed E-state index contributed by atoms with van der Waals surface area (Å²) in [5, 5.41) is 17.3. The van der Waals surface area contributed by atoms with E-state index in [1.165, 1.54) is 4.63 Å². The number of pyridine rings is 1. The molecule has 8 heteroatoms. The van der Waals surface area contributed by atoms with E-state index in [1.54, 1.807) is 18.7 Å². The van der Waals surface area contributed by atoms with E-state index in [-0.39, 0.29) is 0 Å². The summed E-state index contributed by atoms with van der Waals surface area (Å²) in [5.74, 6) is 0.534. The molecule has 0 N–H and O–H groups in total. The third-order valence-corrected chi connectivity index (χ3v) is 2.36. The quantitative estimate of drug-likeness (QED) is 0.474. The highest BCUT2D eigenvalue weighted by atomic mass is 15.6. The third-order valence-electron chi connectivity index (χ3n) is 2.36. The lowest BCUT2D eigenvalue weighted by atomic mass is 10.2. The highest BCUT2D eigenvalue weighted by Gasteiger charge is 2.09. The Morgan fingerprint density at radius 2 is 2.22 bits per heavy atom. The van der Waals surface area contributed by atoms with E-state index >= 15 is 0 Å². The van der Waals surface area contributed by atoms with Gasteiger partial charge in [0.1, 0.15) is 0 Å². The SMILES string of the molecule is CN(C)C=Nc1nn2nnnc2c2ccncc12. The van der Waals surface area contributed by atoms with Crippen molar-refractivity contribution in [2.24, 2.45) is 4.99 Å². The normalized spacial score (nSPS) is 11.7. The van der Waals surface area contributed by atoms with Crippen molar-refractivity contribution in [3.05, 3.63) is 18.5 Å². The Morgan fingerprint density at radius 1 is 1.33 bits per heavy atom. The summed E-state index contributed by atoms with van der Waals surface area (Å²) in [6.07, 6.45) is 5.07. The predicted octanol–water partition coefficient (Wildman–Crippen LogP) is 0.289. The van der Waals surface area contributed by atoms with E-state index < -0.39 is 0 Å². The molecule has 0 bridgehead atoms. The van der Waals surface area contributed by atoms with Crippen molar-refractivity contribution in [3.63, 3.8) is 0 Å². The highest BCUT2D eigenvalue weighted by molar-refractivity contribution is 5.98. The van der Waals surface area contributed by atoms with Gasteiger partial charge in [0.25, 0.3) is 0 Å². The average Bonchev–Trinajstić information content (AvgIpc) is 2.84. The lowest BCUT2D eigenvalue weighted by Crippen LogP contribution is -2.07. The molecule has 0 radical (unpaired) electrons. The number of hydrogen-bond acceptors (Lipinski definition) is 6. The Kier molecular flexibility index (Phi) is 2.33. The maximum absolute atomic E-state index is 4.30. The van der Waals surface area contributed by atoms with Crippen molar-refractivity contribution in [2.45, 2.75) is 0 Å². The average molecular weight is 242 g/mol. The molecule has 18 heavy (non-hydrogen) atoms. The van der Waals surface area contributed by atoms with Crippen molar-refractivity contribution in [2.75, 3.05) is 14.1 Å². The molecule has 3 aromatic rings. The summed E-state index contributed by atoms with van der Waals surface area (Å²) in [5.41, 5.74) is 0.594. The van der Waals surface area contributed by atoms with Crippen molar-refractivity contribution in [1.82, 2.24) is 35.1 Å². The number of hydrogen-bond donors (Lipinski definition) is 0. The van der Waals surface area contributed by atoms with Crippen LogP contribution in [0, 0.1) is 0 Å². The summed E-state index contributed by atoms with van der Waals surface area (Å²) in [6, 6.07) is 1.84. The highest BCUT2D eigenvalue weighted by Crippen LogP contribution is 2.24. The van der Waals surface area contributed by atoms with Gasteiger partial charge in [-0.2, -0.15) is 0 Å². The zero-order chi connectivity index (χ0) is 12.5. The van der Waals surface area contributed by atoms with Gasteiger partial charge in [-0.25, -0.2) is 4.99 Å². The number of rotatable bonds is 2. The van der Waals surface area contributed by atoms with Gasteiger partial charge in [-0.3, -0.25) is 4.98 Å². The molecule has 0 aliphatic rings. The first-order chi connectivity index (χ1) is 8.75. The minimum Gasteiger partial charge on any atom is -0.369 e. The molecule has 0 aliphatic heterocycles. The summed E-state index contributed by atoms with van der Waals surface area (Å²) in [6.45, 7) is 0. The van der Waals surface area contributed by atoms with Crippen LogP contribution in [-0.2, 0) is 0 Å². The van der Waals surface area contributed by atoms with Crippen LogP contribution in [0.2, 0.25) is 0 Å². The molecule has 3 aromatic heterocycles. The molecule has 0 aliphatic carbocycles. The van der Waals surface area contributed by atoms with Crippen LogP contribution in [0.1, 0.15) is 0 Å². The molecule has 3 rings (SSSR count).